The van der Waals surface area contributed by atoms with Gasteiger partial charge in [0.25, 0.3) is 0 Å². The Balaban J connectivity index is 2.46. The van der Waals surface area contributed by atoms with E-state index in [2.05, 4.69) is 11.8 Å². The summed E-state index contributed by atoms with van der Waals surface area (Å²) in [5, 5.41) is 0. The lowest BCUT2D eigenvalue weighted by Crippen LogP contribution is -2.54. The lowest BCUT2D eigenvalue weighted by molar-refractivity contribution is -0.130. The maximum absolute atomic E-state index is 11.8. The molecular weight excluding hydrogens is 266 g/mol. The van der Waals surface area contributed by atoms with Crippen molar-refractivity contribution in [1.29, 1.82) is 0 Å². The van der Waals surface area contributed by atoms with Gasteiger partial charge in [0, 0.05) is 45.0 Å². The number of nitrogens with two attached hydrogens (primary N) is 1. The zero-order valence-electron chi connectivity index (χ0n) is 11.8. The molecule has 0 saturated carbocycles. The minimum Gasteiger partial charge on any atom is -0.339 e. The number of nitrogens with zero attached hydrogens (tertiary/aromatic N) is 2. The van der Waals surface area contributed by atoms with Crippen LogP contribution in [0.5, 0.6) is 0 Å². The fourth-order valence-electron chi connectivity index (χ4n) is 2.43. The molecule has 1 aliphatic heterocycles. The monoisotopic (exact) mass is 291 g/mol. The largest absolute Gasteiger partial charge is 0.339 e. The summed E-state index contributed by atoms with van der Waals surface area (Å²) in [6.45, 7) is 5.50. The van der Waals surface area contributed by atoms with Crippen LogP contribution in [-0.2, 0) is 14.6 Å². The Morgan fingerprint density at radius 3 is 2.26 bits per heavy atom. The van der Waals surface area contributed by atoms with E-state index in [9.17, 15) is 13.2 Å². The fraction of sp³-hybridized carbons (Fsp3) is 0.917. The van der Waals surface area contributed by atoms with Gasteiger partial charge in [0.05, 0.1) is 0 Å². The van der Waals surface area contributed by atoms with Crippen molar-refractivity contribution in [2.24, 2.45) is 5.73 Å². The zero-order valence-corrected chi connectivity index (χ0v) is 12.7. The number of sulfone groups is 1. The minimum absolute atomic E-state index is 0.290. The molecule has 1 saturated heterocycles. The smallest absolute Gasteiger partial charge is 0.237 e. The molecule has 0 aliphatic carbocycles. The molecular formula is C12H25N3O3S. The molecule has 0 bridgehead atoms. The van der Waals surface area contributed by atoms with Crippen LogP contribution in [0.1, 0.15) is 19.8 Å². The summed E-state index contributed by atoms with van der Waals surface area (Å²) >= 11 is 0. The van der Waals surface area contributed by atoms with Crippen molar-refractivity contribution in [1.82, 2.24) is 9.80 Å². The Morgan fingerprint density at radius 2 is 1.84 bits per heavy atom. The molecule has 112 valence electrons. The van der Waals surface area contributed by atoms with Crippen molar-refractivity contribution in [2.45, 2.75) is 25.8 Å². The van der Waals surface area contributed by atoms with Gasteiger partial charge < -0.3 is 10.6 Å². The van der Waals surface area contributed by atoms with E-state index in [4.69, 9.17) is 5.73 Å². The first-order valence-electron chi connectivity index (χ1n) is 6.77. The summed E-state index contributed by atoms with van der Waals surface area (Å²) in [7, 11) is -3.24. The van der Waals surface area contributed by atoms with E-state index >= 15 is 0 Å². The summed E-state index contributed by atoms with van der Waals surface area (Å²) in [6.07, 6.45) is 3.25. The lowest BCUT2D eigenvalue weighted by atomic mass is 10.1. The molecule has 0 radical (unpaired) electrons. The van der Waals surface area contributed by atoms with E-state index in [1.807, 2.05) is 0 Å². The van der Waals surface area contributed by atoms with E-state index in [0.717, 1.165) is 32.2 Å². The first kappa shape index (κ1) is 16.4. The Labute approximate surface area is 115 Å². The van der Waals surface area contributed by atoms with Crippen molar-refractivity contribution in [3.05, 3.63) is 0 Å². The van der Waals surface area contributed by atoms with E-state index in [1.54, 1.807) is 4.90 Å². The van der Waals surface area contributed by atoms with Crippen molar-refractivity contribution in [2.75, 3.05) is 44.7 Å². The summed E-state index contributed by atoms with van der Waals surface area (Å²) in [6, 6.07) is 0.372. The number of carbonyl (C=O) groups is 1. The van der Waals surface area contributed by atoms with Crippen LogP contribution in [0.4, 0.5) is 0 Å². The molecule has 0 aromatic heterocycles. The van der Waals surface area contributed by atoms with Crippen molar-refractivity contribution in [3.63, 3.8) is 0 Å². The van der Waals surface area contributed by atoms with E-state index in [-0.39, 0.29) is 11.7 Å². The maximum atomic E-state index is 11.8. The van der Waals surface area contributed by atoms with Crippen LogP contribution < -0.4 is 5.73 Å². The van der Waals surface area contributed by atoms with Crippen LogP contribution in [0.2, 0.25) is 0 Å². The molecule has 2 N–H and O–H groups in total. The summed E-state index contributed by atoms with van der Waals surface area (Å²) in [5.41, 5.74) is 5.77. The van der Waals surface area contributed by atoms with E-state index < -0.39 is 9.84 Å². The molecule has 6 nitrogen and oxygen atoms in total. The van der Waals surface area contributed by atoms with Gasteiger partial charge in [-0.15, -0.1) is 0 Å². The first-order valence-corrected chi connectivity index (χ1v) is 8.83. The van der Waals surface area contributed by atoms with Crippen LogP contribution in [0.25, 0.3) is 0 Å². The van der Waals surface area contributed by atoms with Crippen LogP contribution in [0.3, 0.4) is 0 Å². The van der Waals surface area contributed by atoms with Crippen molar-refractivity contribution >= 4 is 15.7 Å². The third-order valence-electron chi connectivity index (χ3n) is 3.46. The molecule has 1 fully saturated rings. The van der Waals surface area contributed by atoms with Gasteiger partial charge in [0.2, 0.25) is 5.91 Å². The second-order valence-corrected chi connectivity index (χ2v) is 7.31. The Bertz CT molecular complexity index is 389. The van der Waals surface area contributed by atoms with Crippen LogP contribution in [-0.4, -0.2) is 74.9 Å². The minimum atomic E-state index is -3.24. The quantitative estimate of drug-likeness (QED) is 0.700. The molecule has 19 heavy (non-hydrogen) atoms. The molecule has 1 heterocycles. The lowest BCUT2D eigenvalue weighted by Gasteiger charge is -2.39. The van der Waals surface area contributed by atoms with Gasteiger partial charge in [0.15, 0.2) is 9.84 Å². The second kappa shape index (κ2) is 7.21. The van der Waals surface area contributed by atoms with Gasteiger partial charge in [-0.05, 0) is 6.42 Å². The highest BCUT2D eigenvalue weighted by Crippen LogP contribution is 2.10. The number of rotatable bonds is 6. The molecule has 1 rings (SSSR count). The van der Waals surface area contributed by atoms with Gasteiger partial charge in [-0.25, -0.2) is 8.42 Å². The van der Waals surface area contributed by atoms with E-state index in [1.165, 1.54) is 0 Å². The molecule has 0 aromatic carbocycles. The molecule has 1 atom stereocenters. The van der Waals surface area contributed by atoms with Gasteiger partial charge in [-0.3, -0.25) is 9.69 Å². The molecule has 7 heteroatoms. The normalized spacial score (nSPS) is 19.4. The van der Waals surface area contributed by atoms with Crippen LogP contribution in [0, 0.1) is 0 Å². The van der Waals surface area contributed by atoms with Gasteiger partial charge >= 0.3 is 0 Å². The Hall–Kier alpha value is -0.660. The Kier molecular flexibility index (Phi) is 6.22. The predicted octanol–water partition coefficient (Wildman–Crippen LogP) is -0.697. The number of amides is 1. The maximum Gasteiger partial charge on any atom is 0.237 e. The fourth-order valence-corrected chi connectivity index (χ4v) is 3.07. The number of piperazine rings is 1. The van der Waals surface area contributed by atoms with E-state index in [0.29, 0.717) is 25.7 Å². The third kappa shape index (κ3) is 5.46. The van der Waals surface area contributed by atoms with Crippen LogP contribution in [0.15, 0.2) is 0 Å². The van der Waals surface area contributed by atoms with Gasteiger partial charge in [-0.2, -0.15) is 0 Å². The zero-order chi connectivity index (χ0) is 14.5. The third-order valence-corrected chi connectivity index (χ3v) is 4.23. The average molecular weight is 291 g/mol. The summed E-state index contributed by atoms with van der Waals surface area (Å²) in [5.74, 6) is -0.676. The molecule has 0 spiro atoms. The first-order chi connectivity index (χ1) is 8.87. The summed E-state index contributed by atoms with van der Waals surface area (Å²) < 4.78 is 22.2. The average Bonchev–Trinajstić information content (AvgIpc) is 2.34. The molecule has 1 unspecified atom stereocenters. The van der Waals surface area contributed by atoms with Crippen LogP contribution >= 0.6 is 0 Å². The van der Waals surface area contributed by atoms with Gasteiger partial charge in [0.1, 0.15) is 5.75 Å². The van der Waals surface area contributed by atoms with Crippen molar-refractivity contribution < 1.29 is 13.2 Å². The highest BCUT2D eigenvalue weighted by Gasteiger charge is 2.26. The summed E-state index contributed by atoms with van der Waals surface area (Å²) in [4.78, 5) is 15.7. The Morgan fingerprint density at radius 1 is 1.26 bits per heavy atom. The highest BCUT2D eigenvalue weighted by molar-refractivity contribution is 7.91. The van der Waals surface area contributed by atoms with Crippen molar-refractivity contribution in [3.8, 4) is 0 Å². The number of hydrogen-bond donors (Lipinski definition) is 1. The second-order valence-electron chi connectivity index (χ2n) is 5.17. The highest BCUT2D eigenvalue weighted by atomic mass is 32.2. The molecule has 1 amide bonds. The molecule has 1 aliphatic rings. The predicted molar refractivity (Wildman–Crippen MR) is 75.6 cm³/mol. The molecule has 0 aromatic rings. The topological polar surface area (TPSA) is 83.7 Å². The standard InChI is InChI=1S/C12H25N3O3S/c1-3-4-11(9-13)14-5-7-15(8-6-14)12(16)10-19(2,17)18/h11H,3-10,13H2,1-2H3. The van der Waals surface area contributed by atoms with Gasteiger partial charge in [-0.1, -0.05) is 13.3 Å². The number of carbonyl (C=O) groups excluding carboxylic acids is 1. The SMILES string of the molecule is CCCC(CN)N1CCN(C(=O)CS(C)(=O)=O)CC1. The number of hydrogen-bond acceptors (Lipinski definition) is 5.